The van der Waals surface area contributed by atoms with E-state index in [1.54, 1.807) is 0 Å². The van der Waals surface area contributed by atoms with Gasteiger partial charge in [0.15, 0.2) is 0 Å². The summed E-state index contributed by atoms with van der Waals surface area (Å²) < 4.78 is 5.21. The summed E-state index contributed by atoms with van der Waals surface area (Å²) in [6.45, 7) is 7.76. The fourth-order valence-corrected chi connectivity index (χ4v) is 1.58. The summed E-state index contributed by atoms with van der Waals surface area (Å²) in [7, 11) is 0. The van der Waals surface area contributed by atoms with Crippen molar-refractivity contribution in [3.63, 3.8) is 0 Å². The van der Waals surface area contributed by atoms with Gasteiger partial charge in [0.05, 0.1) is 19.8 Å². The van der Waals surface area contributed by atoms with E-state index < -0.39 is 0 Å². The van der Waals surface area contributed by atoms with Gasteiger partial charge in [-0.1, -0.05) is 0 Å². The molecule has 1 fully saturated rings. The van der Waals surface area contributed by atoms with E-state index >= 15 is 0 Å². The molecule has 1 saturated heterocycles. The Balaban J connectivity index is 2.00. The van der Waals surface area contributed by atoms with Crippen molar-refractivity contribution in [1.82, 2.24) is 10.2 Å². The van der Waals surface area contributed by atoms with Crippen LogP contribution in [0.3, 0.4) is 0 Å². The van der Waals surface area contributed by atoms with E-state index in [9.17, 15) is 0 Å². The molecule has 1 heterocycles. The lowest BCUT2D eigenvalue weighted by molar-refractivity contribution is 0.0676. The monoisotopic (exact) mass is 188 g/mol. The Hall–Kier alpha value is -0.160. The Morgan fingerprint density at radius 2 is 2.38 bits per heavy atom. The Morgan fingerprint density at radius 3 is 3.08 bits per heavy atom. The zero-order chi connectivity index (χ0) is 9.52. The molecule has 4 nitrogen and oxygen atoms in total. The topological polar surface area (TPSA) is 44.7 Å². The predicted octanol–water partition coefficient (Wildman–Crippen LogP) is -0.711. The lowest BCUT2D eigenvalue weighted by Crippen LogP contribution is -2.49. The molecular weight excluding hydrogens is 168 g/mol. The van der Waals surface area contributed by atoms with E-state index in [0.717, 1.165) is 32.8 Å². The predicted molar refractivity (Wildman–Crippen MR) is 51.8 cm³/mol. The number of aliphatic hydroxyl groups is 1. The average molecular weight is 188 g/mol. The molecule has 13 heavy (non-hydrogen) atoms. The summed E-state index contributed by atoms with van der Waals surface area (Å²) in [5.41, 5.74) is 0. The van der Waals surface area contributed by atoms with Gasteiger partial charge in [-0.15, -0.1) is 0 Å². The van der Waals surface area contributed by atoms with Gasteiger partial charge < -0.3 is 15.2 Å². The SMILES string of the molecule is C[C@@H]1CN(CCOCCO)CCN1. The van der Waals surface area contributed by atoms with Crippen LogP contribution in [-0.4, -0.2) is 62.0 Å². The van der Waals surface area contributed by atoms with Gasteiger partial charge in [-0.3, -0.25) is 4.90 Å². The quantitative estimate of drug-likeness (QED) is 0.559. The molecule has 1 aliphatic heterocycles. The highest BCUT2D eigenvalue weighted by atomic mass is 16.5. The normalized spacial score (nSPS) is 24.9. The molecule has 0 amide bonds. The van der Waals surface area contributed by atoms with Crippen LogP contribution in [0.5, 0.6) is 0 Å². The molecule has 78 valence electrons. The van der Waals surface area contributed by atoms with Gasteiger partial charge in [0, 0.05) is 32.2 Å². The zero-order valence-electron chi connectivity index (χ0n) is 8.33. The van der Waals surface area contributed by atoms with Gasteiger partial charge >= 0.3 is 0 Å². The zero-order valence-corrected chi connectivity index (χ0v) is 8.33. The van der Waals surface area contributed by atoms with Crippen LogP contribution in [0.15, 0.2) is 0 Å². The summed E-state index contributed by atoms with van der Waals surface area (Å²) in [6, 6.07) is 0.589. The molecule has 0 radical (unpaired) electrons. The molecule has 0 spiro atoms. The van der Waals surface area contributed by atoms with Gasteiger partial charge in [-0.25, -0.2) is 0 Å². The van der Waals surface area contributed by atoms with Gasteiger partial charge in [0.25, 0.3) is 0 Å². The van der Waals surface area contributed by atoms with Crippen LogP contribution < -0.4 is 5.32 Å². The number of nitrogens with zero attached hydrogens (tertiary/aromatic N) is 1. The number of aliphatic hydroxyl groups excluding tert-OH is 1. The third kappa shape index (κ3) is 4.57. The molecular formula is C9H20N2O2. The van der Waals surface area contributed by atoms with Crippen molar-refractivity contribution in [2.24, 2.45) is 0 Å². The third-order valence-corrected chi connectivity index (χ3v) is 2.24. The summed E-state index contributed by atoms with van der Waals surface area (Å²) in [5, 5.41) is 11.9. The van der Waals surface area contributed by atoms with Crippen molar-refractivity contribution in [2.75, 3.05) is 46.0 Å². The first kappa shape index (κ1) is 10.9. The molecule has 0 bridgehead atoms. The van der Waals surface area contributed by atoms with Crippen LogP contribution in [0.4, 0.5) is 0 Å². The Bertz CT molecular complexity index is 133. The number of hydrogen-bond acceptors (Lipinski definition) is 4. The molecule has 1 atom stereocenters. The number of nitrogens with one attached hydrogen (secondary N) is 1. The summed E-state index contributed by atoms with van der Waals surface area (Å²) in [4.78, 5) is 2.39. The van der Waals surface area contributed by atoms with Crippen LogP contribution in [0, 0.1) is 0 Å². The molecule has 1 aliphatic rings. The van der Waals surface area contributed by atoms with E-state index in [2.05, 4.69) is 17.1 Å². The smallest absolute Gasteiger partial charge is 0.0698 e. The Kier molecular flexibility index (Phi) is 5.31. The van der Waals surface area contributed by atoms with Crippen molar-refractivity contribution < 1.29 is 9.84 Å². The van der Waals surface area contributed by atoms with Crippen molar-refractivity contribution in [1.29, 1.82) is 0 Å². The highest BCUT2D eigenvalue weighted by molar-refractivity contribution is 4.74. The van der Waals surface area contributed by atoms with Crippen LogP contribution in [0.1, 0.15) is 6.92 Å². The molecule has 2 N–H and O–H groups in total. The minimum absolute atomic E-state index is 0.123. The highest BCUT2D eigenvalue weighted by Crippen LogP contribution is 1.97. The van der Waals surface area contributed by atoms with Gasteiger partial charge in [-0.2, -0.15) is 0 Å². The molecule has 0 unspecified atom stereocenters. The second-order valence-electron chi connectivity index (χ2n) is 3.49. The van der Waals surface area contributed by atoms with E-state index in [-0.39, 0.29) is 6.61 Å². The van der Waals surface area contributed by atoms with E-state index in [1.165, 1.54) is 0 Å². The van der Waals surface area contributed by atoms with Crippen LogP contribution in [-0.2, 0) is 4.74 Å². The maximum atomic E-state index is 8.50. The molecule has 0 aromatic rings. The van der Waals surface area contributed by atoms with E-state index in [1.807, 2.05) is 0 Å². The summed E-state index contributed by atoms with van der Waals surface area (Å²) >= 11 is 0. The lowest BCUT2D eigenvalue weighted by Gasteiger charge is -2.31. The first-order valence-electron chi connectivity index (χ1n) is 4.97. The molecule has 4 heteroatoms. The number of piperazine rings is 1. The first-order chi connectivity index (χ1) is 6.33. The van der Waals surface area contributed by atoms with Crippen molar-refractivity contribution >= 4 is 0 Å². The summed E-state index contributed by atoms with van der Waals surface area (Å²) in [6.07, 6.45) is 0. The molecule has 0 aromatic heterocycles. The first-order valence-corrected chi connectivity index (χ1v) is 4.97. The molecule has 0 aliphatic carbocycles. The van der Waals surface area contributed by atoms with E-state index in [4.69, 9.17) is 9.84 Å². The number of hydrogen-bond donors (Lipinski definition) is 2. The molecule has 0 aromatic carbocycles. The second-order valence-corrected chi connectivity index (χ2v) is 3.49. The lowest BCUT2D eigenvalue weighted by atomic mass is 10.2. The van der Waals surface area contributed by atoms with Crippen LogP contribution in [0.2, 0.25) is 0 Å². The third-order valence-electron chi connectivity index (χ3n) is 2.24. The van der Waals surface area contributed by atoms with Crippen LogP contribution in [0.25, 0.3) is 0 Å². The fraction of sp³-hybridized carbons (Fsp3) is 1.00. The Morgan fingerprint density at radius 1 is 1.54 bits per heavy atom. The van der Waals surface area contributed by atoms with Crippen molar-refractivity contribution in [3.8, 4) is 0 Å². The maximum absolute atomic E-state index is 8.50. The average Bonchev–Trinajstić information content (AvgIpc) is 2.13. The maximum Gasteiger partial charge on any atom is 0.0698 e. The van der Waals surface area contributed by atoms with Crippen molar-refractivity contribution in [3.05, 3.63) is 0 Å². The Labute approximate surface area is 79.9 Å². The summed E-state index contributed by atoms with van der Waals surface area (Å²) in [5.74, 6) is 0. The van der Waals surface area contributed by atoms with Crippen molar-refractivity contribution in [2.45, 2.75) is 13.0 Å². The van der Waals surface area contributed by atoms with Gasteiger partial charge in [0.1, 0.15) is 0 Å². The largest absolute Gasteiger partial charge is 0.394 e. The van der Waals surface area contributed by atoms with Gasteiger partial charge in [0.2, 0.25) is 0 Å². The minimum atomic E-state index is 0.123. The fourth-order valence-electron chi connectivity index (χ4n) is 1.58. The second kappa shape index (κ2) is 6.32. The van der Waals surface area contributed by atoms with Crippen LogP contribution >= 0.6 is 0 Å². The standard InChI is InChI=1S/C9H20N2O2/c1-9-8-11(3-2-10-9)4-6-13-7-5-12/h9-10,12H,2-8H2,1H3/t9-/m1/s1. The van der Waals surface area contributed by atoms with E-state index in [0.29, 0.717) is 12.6 Å². The number of rotatable bonds is 5. The van der Waals surface area contributed by atoms with Gasteiger partial charge in [-0.05, 0) is 6.92 Å². The molecule has 0 saturated carbocycles. The molecule has 1 rings (SSSR count). The minimum Gasteiger partial charge on any atom is -0.394 e. The number of ether oxygens (including phenoxy) is 1. The highest BCUT2D eigenvalue weighted by Gasteiger charge is 2.14.